The zero-order chi connectivity index (χ0) is 8.55. The first-order valence-electron chi connectivity index (χ1n) is 3.88. The minimum atomic E-state index is -0.0790. The first kappa shape index (κ1) is 7.15. The van der Waals surface area contributed by atoms with Gasteiger partial charge >= 0.3 is 0 Å². The first-order valence-corrected chi connectivity index (χ1v) is 3.88. The third kappa shape index (κ3) is 1.03. The molecule has 5 nitrogen and oxygen atoms in total. The van der Waals surface area contributed by atoms with Crippen LogP contribution in [0.2, 0.25) is 0 Å². The number of aromatic nitrogens is 2. The molecule has 0 aliphatic carbocycles. The molecule has 1 aliphatic rings. The molecule has 5 heteroatoms. The van der Waals surface area contributed by atoms with Gasteiger partial charge in [0.25, 0.3) is 5.56 Å². The summed E-state index contributed by atoms with van der Waals surface area (Å²) in [6.07, 6.45) is 0.957. The summed E-state index contributed by atoms with van der Waals surface area (Å²) in [5.74, 6) is 0.868. The summed E-state index contributed by atoms with van der Waals surface area (Å²) in [6.45, 7) is 1.59. The van der Waals surface area contributed by atoms with E-state index in [1.807, 2.05) is 0 Å². The molecule has 1 aliphatic heterocycles. The lowest BCUT2D eigenvalue weighted by Gasteiger charge is -2.18. The van der Waals surface area contributed by atoms with E-state index in [-0.39, 0.29) is 11.4 Å². The molecule has 64 valence electrons. The van der Waals surface area contributed by atoms with Crippen molar-refractivity contribution in [1.82, 2.24) is 9.55 Å². The lowest BCUT2D eigenvalue weighted by molar-refractivity contribution is 0.597. The standard InChI is InChI=1S/C7H10N4O/c8-5-4-6(12)11-3-1-2-9-7(11)10-5/h4H,1-3,8H2,(H,9,10). The van der Waals surface area contributed by atoms with Gasteiger partial charge in [0.2, 0.25) is 5.95 Å². The number of nitrogens with one attached hydrogen (secondary N) is 1. The molecule has 2 heterocycles. The Hall–Kier alpha value is -1.52. The monoisotopic (exact) mass is 166 g/mol. The lowest BCUT2D eigenvalue weighted by Crippen LogP contribution is -2.30. The number of hydrogen-bond donors (Lipinski definition) is 2. The van der Waals surface area contributed by atoms with Crippen LogP contribution in [0.5, 0.6) is 0 Å². The quantitative estimate of drug-likeness (QED) is 0.552. The molecule has 0 bridgehead atoms. The van der Waals surface area contributed by atoms with Crippen molar-refractivity contribution < 1.29 is 0 Å². The van der Waals surface area contributed by atoms with Gasteiger partial charge in [-0.15, -0.1) is 0 Å². The van der Waals surface area contributed by atoms with Crippen LogP contribution in [0.4, 0.5) is 11.8 Å². The fraction of sp³-hybridized carbons (Fsp3) is 0.429. The van der Waals surface area contributed by atoms with Gasteiger partial charge in [-0.3, -0.25) is 9.36 Å². The van der Waals surface area contributed by atoms with Gasteiger partial charge in [0.15, 0.2) is 0 Å². The van der Waals surface area contributed by atoms with Gasteiger partial charge in [0.05, 0.1) is 0 Å². The highest BCUT2D eigenvalue weighted by atomic mass is 16.1. The largest absolute Gasteiger partial charge is 0.383 e. The predicted molar refractivity (Wildman–Crippen MR) is 46.0 cm³/mol. The van der Waals surface area contributed by atoms with Gasteiger partial charge in [-0.2, -0.15) is 4.98 Å². The van der Waals surface area contributed by atoms with E-state index in [9.17, 15) is 4.79 Å². The Morgan fingerprint density at radius 3 is 3.33 bits per heavy atom. The Morgan fingerprint density at radius 2 is 2.50 bits per heavy atom. The van der Waals surface area contributed by atoms with Crippen molar-refractivity contribution >= 4 is 11.8 Å². The number of rotatable bonds is 0. The van der Waals surface area contributed by atoms with E-state index in [4.69, 9.17) is 5.73 Å². The average molecular weight is 166 g/mol. The summed E-state index contributed by atoms with van der Waals surface area (Å²) in [7, 11) is 0. The molecule has 1 aromatic heterocycles. The van der Waals surface area contributed by atoms with Crippen LogP contribution in [0.25, 0.3) is 0 Å². The van der Waals surface area contributed by atoms with Crippen LogP contribution >= 0.6 is 0 Å². The Labute approximate surface area is 69.2 Å². The molecule has 0 aromatic carbocycles. The SMILES string of the molecule is Nc1cc(=O)n2c(n1)NCCC2. The fourth-order valence-electron chi connectivity index (χ4n) is 1.31. The number of hydrogen-bond acceptors (Lipinski definition) is 4. The van der Waals surface area contributed by atoms with Crippen LogP contribution in [-0.2, 0) is 6.54 Å². The number of nitrogens with two attached hydrogens (primary N) is 1. The summed E-state index contributed by atoms with van der Waals surface area (Å²) < 4.78 is 1.60. The van der Waals surface area contributed by atoms with E-state index in [0.29, 0.717) is 5.95 Å². The van der Waals surface area contributed by atoms with Gasteiger partial charge < -0.3 is 11.1 Å². The van der Waals surface area contributed by atoms with Crippen LogP contribution in [-0.4, -0.2) is 16.1 Å². The summed E-state index contributed by atoms with van der Waals surface area (Å²) in [5.41, 5.74) is 5.34. The Bertz CT molecular complexity index is 357. The molecular formula is C7H10N4O. The van der Waals surface area contributed by atoms with Crippen molar-refractivity contribution in [3.8, 4) is 0 Å². The molecule has 0 unspecified atom stereocenters. The minimum Gasteiger partial charge on any atom is -0.383 e. The molecule has 3 N–H and O–H groups in total. The number of nitrogen functional groups attached to an aromatic ring is 1. The van der Waals surface area contributed by atoms with Crippen LogP contribution in [0.1, 0.15) is 6.42 Å². The van der Waals surface area contributed by atoms with Crippen LogP contribution in [0.3, 0.4) is 0 Å². The summed E-state index contributed by atoms with van der Waals surface area (Å²) >= 11 is 0. The smallest absolute Gasteiger partial charge is 0.256 e. The van der Waals surface area contributed by atoms with Crippen LogP contribution in [0, 0.1) is 0 Å². The van der Waals surface area contributed by atoms with Crippen LogP contribution < -0.4 is 16.6 Å². The molecule has 0 amide bonds. The first-order chi connectivity index (χ1) is 5.77. The maximum absolute atomic E-state index is 11.3. The molecule has 0 spiro atoms. The molecule has 0 saturated heterocycles. The summed E-state index contributed by atoms with van der Waals surface area (Å²) in [6, 6.07) is 1.34. The Balaban J connectivity index is 2.60. The third-order valence-corrected chi connectivity index (χ3v) is 1.87. The highest BCUT2D eigenvalue weighted by molar-refractivity contribution is 5.37. The van der Waals surface area contributed by atoms with E-state index in [2.05, 4.69) is 10.3 Å². The summed E-state index contributed by atoms with van der Waals surface area (Å²) in [4.78, 5) is 15.3. The molecular weight excluding hydrogens is 156 g/mol. The highest BCUT2D eigenvalue weighted by Crippen LogP contribution is 2.08. The second-order valence-corrected chi connectivity index (χ2v) is 2.77. The maximum atomic E-state index is 11.3. The van der Waals surface area contributed by atoms with Crippen molar-refractivity contribution in [1.29, 1.82) is 0 Å². The molecule has 0 saturated carbocycles. The topological polar surface area (TPSA) is 72.9 Å². The normalized spacial score (nSPS) is 15.0. The van der Waals surface area contributed by atoms with E-state index in [0.717, 1.165) is 19.5 Å². The van der Waals surface area contributed by atoms with Crippen molar-refractivity contribution in [2.45, 2.75) is 13.0 Å². The molecule has 12 heavy (non-hydrogen) atoms. The van der Waals surface area contributed by atoms with Crippen LogP contribution in [0.15, 0.2) is 10.9 Å². The van der Waals surface area contributed by atoms with E-state index in [1.165, 1.54) is 6.07 Å². The second kappa shape index (κ2) is 2.51. The Kier molecular flexibility index (Phi) is 1.49. The van der Waals surface area contributed by atoms with E-state index < -0.39 is 0 Å². The second-order valence-electron chi connectivity index (χ2n) is 2.77. The van der Waals surface area contributed by atoms with Gasteiger partial charge in [0.1, 0.15) is 5.82 Å². The van der Waals surface area contributed by atoms with Crippen molar-refractivity contribution in [2.75, 3.05) is 17.6 Å². The lowest BCUT2D eigenvalue weighted by atomic mass is 10.3. The molecule has 2 rings (SSSR count). The zero-order valence-corrected chi connectivity index (χ0v) is 6.58. The van der Waals surface area contributed by atoms with Crippen molar-refractivity contribution in [2.24, 2.45) is 0 Å². The number of nitrogens with zero attached hydrogens (tertiary/aromatic N) is 2. The van der Waals surface area contributed by atoms with Gasteiger partial charge in [-0.25, -0.2) is 0 Å². The highest BCUT2D eigenvalue weighted by Gasteiger charge is 2.10. The average Bonchev–Trinajstić information content (AvgIpc) is 2.04. The maximum Gasteiger partial charge on any atom is 0.256 e. The predicted octanol–water partition coefficient (Wildman–Crippen LogP) is -0.359. The number of anilines is 2. The number of fused-ring (bicyclic) bond motifs is 1. The fourth-order valence-corrected chi connectivity index (χ4v) is 1.31. The van der Waals surface area contributed by atoms with Gasteiger partial charge in [0, 0.05) is 19.2 Å². The third-order valence-electron chi connectivity index (χ3n) is 1.87. The van der Waals surface area contributed by atoms with E-state index in [1.54, 1.807) is 4.57 Å². The molecule has 1 aromatic rings. The molecule has 0 atom stereocenters. The Morgan fingerprint density at radius 1 is 1.67 bits per heavy atom. The van der Waals surface area contributed by atoms with Crippen molar-refractivity contribution in [3.63, 3.8) is 0 Å². The minimum absolute atomic E-state index is 0.0790. The van der Waals surface area contributed by atoms with E-state index >= 15 is 0 Å². The van der Waals surface area contributed by atoms with Gasteiger partial charge in [-0.1, -0.05) is 0 Å². The molecule has 0 fully saturated rings. The summed E-state index contributed by atoms with van der Waals surface area (Å²) in [5, 5.41) is 3.02. The molecule has 0 radical (unpaired) electrons. The van der Waals surface area contributed by atoms with Gasteiger partial charge in [-0.05, 0) is 6.42 Å². The van der Waals surface area contributed by atoms with Crippen molar-refractivity contribution in [3.05, 3.63) is 16.4 Å². The zero-order valence-electron chi connectivity index (χ0n) is 6.58.